The van der Waals surface area contributed by atoms with Crippen LogP contribution in [0.4, 0.5) is 17.1 Å². The molecule has 0 spiro atoms. The van der Waals surface area contributed by atoms with Crippen molar-refractivity contribution >= 4 is 58.2 Å². The van der Waals surface area contributed by atoms with Gasteiger partial charge in [0.1, 0.15) is 6.04 Å². The van der Waals surface area contributed by atoms with Crippen molar-refractivity contribution in [1.82, 2.24) is 20.4 Å². The maximum atomic E-state index is 13.3. The lowest BCUT2D eigenvalue weighted by atomic mass is 9.86. The normalized spacial score (nSPS) is 25.2. The average molecular weight is 790 g/mol. The largest absolute Gasteiger partial charge is 0.374 e. The molecule has 0 radical (unpaired) electrons. The fourth-order valence-electron chi connectivity index (χ4n) is 9.73. The van der Waals surface area contributed by atoms with Crippen molar-refractivity contribution < 1.29 is 28.7 Å². The smallest absolute Gasteiger partial charge is 0.262 e. The van der Waals surface area contributed by atoms with Crippen molar-refractivity contribution in [2.75, 3.05) is 42.6 Å². The van der Waals surface area contributed by atoms with E-state index in [0.29, 0.717) is 53.0 Å². The van der Waals surface area contributed by atoms with E-state index in [9.17, 15) is 24.0 Å². The number of nitrogens with one attached hydrogen (secondary N) is 2. The molecule has 4 atom stereocenters. The van der Waals surface area contributed by atoms with E-state index >= 15 is 0 Å². The number of amides is 5. The zero-order chi connectivity index (χ0) is 39.4. The minimum atomic E-state index is -0.963. The van der Waals surface area contributed by atoms with Crippen LogP contribution in [0.2, 0.25) is 5.02 Å². The van der Waals surface area contributed by atoms with Crippen LogP contribution in [-0.4, -0.2) is 96.4 Å². The second-order valence-corrected chi connectivity index (χ2v) is 16.6. The summed E-state index contributed by atoms with van der Waals surface area (Å²) in [5.41, 5.74) is 5.95. The Balaban J connectivity index is 0.741. The van der Waals surface area contributed by atoms with E-state index in [4.69, 9.17) is 22.9 Å². The number of carbonyl (C=O) groups excluding carboxylic acids is 5. The van der Waals surface area contributed by atoms with Crippen LogP contribution < -0.4 is 20.4 Å². The van der Waals surface area contributed by atoms with Gasteiger partial charge < -0.3 is 19.9 Å². The van der Waals surface area contributed by atoms with E-state index in [1.807, 2.05) is 48.5 Å². The van der Waals surface area contributed by atoms with Crippen LogP contribution in [0.15, 0.2) is 54.6 Å². The number of piperidine rings is 2. The molecule has 3 saturated heterocycles. The van der Waals surface area contributed by atoms with Gasteiger partial charge in [-0.15, -0.1) is 0 Å². The van der Waals surface area contributed by atoms with E-state index < -0.39 is 23.8 Å². The summed E-state index contributed by atoms with van der Waals surface area (Å²) in [6, 6.07) is 16.4. The zero-order valence-electron chi connectivity index (χ0n) is 31.5. The van der Waals surface area contributed by atoms with Crippen LogP contribution in [-0.2, 0) is 27.4 Å². The first-order chi connectivity index (χ1) is 27.6. The molecule has 294 valence electrons. The predicted octanol–water partition coefficient (Wildman–Crippen LogP) is 5.08. The molecule has 6 aliphatic rings. The lowest BCUT2D eigenvalue weighted by molar-refractivity contribution is -0.136. The summed E-state index contributed by atoms with van der Waals surface area (Å²) < 4.78 is 6.19. The highest BCUT2D eigenvalue weighted by atomic mass is 35.5. The number of morpholine rings is 1. The van der Waals surface area contributed by atoms with E-state index in [1.165, 1.54) is 0 Å². The molecular formula is C43H44ClN7O6. The lowest BCUT2D eigenvalue weighted by Crippen LogP contribution is -2.57. The van der Waals surface area contributed by atoms with Crippen molar-refractivity contribution in [1.29, 1.82) is 0 Å². The van der Waals surface area contributed by atoms with Gasteiger partial charge in [0.25, 0.3) is 17.7 Å². The first kappa shape index (κ1) is 37.3. The topological polar surface area (TPSA) is 136 Å². The Hall–Kier alpha value is -5.29. The Kier molecular flexibility index (Phi) is 9.96. The zero-order valence-corrected chi connectivity index (χ0v) is 32.3. The van der Waals surface area contributed by atoms with Gasteiger partial charge in [-0.2, -0.15) is 0 Å². The molecular weight excluding hydrogens is 746 g/mol. The van der Waals surface area contributed by atoms with Crippen LogP contribution in [0, 0.1) is 12.5 Å². The summed E-state index contributed by atoms with van der Waals surface area (Å²) in [5, 5.41) is 5.97. The third-order valence-corrected chi connectivity index (χ3v) is 13.0. The molecule has 0 bridgehead atoms. The number of fused-ring (bicyclic) bond motifs is 3. The number of carbonyl (C=O) groups is 5. The summed E-state index contributed by atoms with van der Waals surface area (Å²) in [4.78, 5) is 75.6. The Bertz CT molecular complexity index is 2150. The van der Waals surface area contributed by atoms with E-state index in [0.717, 1.165) is 85.7 Å². The SMILES string of the molecule is [C-]#[N+]c1ccc(N2CCO[C@H]3C[C@H](NC(=O)c4ccc(N5CCC(CN6Cc7cc8c(cc7C6)C(=O)N(C6CCC(=O)NC6=O)C8=O)CC5)cc4)CC[C@H]32)cc1Cl. The number of ether oxygens (including phenoxy) is 1. The third kappa shape index (κ3) is 7.15. The fraction of sp³-hybridized carbons (Fsp3) is 0.442. The maximum absolute atomic E-state index is 13.3. The number of nitrogens with zero attached hydrogens (tertiary/aromatic N) is 5. The molecule has 5 aliphatic heterocycles. The summed E-state index contributed by atoms with van der Waals surface area (Å²) in [6.07, 6.45) is 4.78. The first-order valence-corrected chi connectivity index (χ1v) is 20.3. The molecule has 4 fully saturated rings. The number of rotatable bonds is 7. The molecule has 5 heterocycles. The number of anilines is 2. The second-order valence-electron chi connectivity index (χ2n) is 16.2. The minimum absolute atomic E-state index is 0.000222. The number of imide groups is 2. The van der Waals surface area contributed by atoms with Gasteiger partial charge >= 0.3 is 0 Å². The predicted molar refractivity (Wildman–Crippen MR) is 212 cm³/mol. The summed E-state index contributed by atoms with van der Waals surface area (Å²) in [5.74, 6) is -1.49. The summed E-state index contributed by atoms with van der Waals surface area (Å²) in [6.45, 7) is 12.8. The quantitative estimate of drug-likeness (QED) is 0.248. The third-order valence-electron chi connectivity index (χ3n) is 12.7. The molecule has 0 aromatic heterocycles. The van der Waals surface area contributed by atoms with Crippen LogP contribution in [0.25, 0.3) is 4.85 Å². The van der Waals surface area contributed by atoms with Gasteiger partial charge in [-0.1, -0.05) is 17.7 Å². The van der Waals surface area contributed by atoms with Gasteiger partial charge in [-0.05, 0) is 104 Å². The molecule has 3 aromatic rings. The van der Waals surface area contributed by atoms with Gasteiger partial charge in [-0.3, -0.25) is 39.1 Å². The molecule has 1 unspecified atom stereocenters. The van der Waals surface area contributed by atoms with Gasteiger partial charge in [0, 0.05) is 73.7 Å². The van der Waals surface area contributed by atoms with Gasteiger partial charge in [0.2, 0.25) is 17.5 Å². The van der Waals surface area contributed by atoms with Crippen LogP contribution in [0.1, 0.15) is 87.1 Å². The van der Waals surface area contributed by atoms with Gasteiger partial charge in [-0.25, -0.2) is 4.85 Å². The fourth-order valence-corrected chi connectivity index (χ4v) is 9.95. The minimum Gasteiger partial charge on any atom is -0.374 e. The van der Waals surface area contributed by atoms with E-state index in [2.05, 4.69) is 30.2 Å². The van der Waals surface area contributed by atoms with Crippen molar-refractivity contribution in [2.24, 2.45) is 5.92 Å². The Morgan fingerprint density at radius 3 is 2.25 bits per heavy atom. The lowest BCUT2D eigenvalue weighted by Gasteiger charge is -2.47. The molecule has 9 rings (SSSR count). The highest BCUT2D eigenvalue weighted by Crippen LogP contribution is 2.37. The molecule has 3 aromatic carbocycles. The number of hydrogen-bond donors (Lipinski definition) is 2. The molecule has 5 amide bonds. The van der Waals surface area contributed by atoms with Crippen LogP contribution >= 0.6 is 11.6 Å². The number of hydrogen-bond acceptors (Lipinski definition) is 9. The van der Waals surface area contributed by atoms with Crippen molar-refractivity contribution in [3.8, 4) is 0 Å². The van der Waals surface area contributed by atoms with Gasteiger partial charge in [0.05, 0.1) is 36.5 Å². The molecule has 57 heavy (non-hydrogen) atoms. The first-order valence-electron chi connectivity index (χ1n) is 19.9. The van der Waals surface area contributed by atoms with E-state index in [1.54, 1.807) is 6.07 Å². The molecule has 14 heteroatoms. The molecule has 1 saturated carbocycles. The Morgan fingerprint density at radius 2 is 1.58 bits per heavy atom. The number of benzene rings is 3. The Labute approximate surface area is 336 Å². The molecule has 2 N–H and O–H groups in total. The summed E-state index contributed by atoms with van der Waals surface area (Å²) >= 11 is 6.35. The van der Waals surface area contributed by atoms with E-state index in [-0.39, 0.29) is 42.8 Å². The standard InChI is InChI=1S/C43H44ClN7O6/c1-45-35-8-7-31(21-34(35)44)50-16-17-57-38-20-29(4-9-36(38)50)46-40(53)26-2-5-30(6-3-26)49-14-12-25(13-15-49)22-48-23-27-18-32-33(19-28(27)24-48)43(56)51(42(32)55)37-10-11-39(52)47-41(37)54/h2-3,5-8,18-19,21,25,29,36-38H,4,9-17,20,22-24H2,(H,46,53)(H,47,52,54)/t29-,36-,37?,38+/m1/s1. The van der Waals surface area contributed by atoms with Gasteiger partial charge in [0.15, 0.2) is 0 Å². The maximum Gasteiger partial charge on any atom is 0.262 e. The second kappa shape index (κ2) is 15.2. The van der Waals surface area contributed by atoms with Crippen LogP contribution in [0.3, 0.4) is 0 Å². The van der Waals surface area contributed by atoms with Crippen molar-refractivity contribution in [3.63, 3.8) is 0 Å². The Morgan fingerprint density at radius 1 is 0.877 bits per heavy atom. The molecule has 13 nitrogen and oxygen atoms in total. The van der Waals surface area contributed by atoms with Crippen LogP contribution in [0.5, 0.6) is 0 Å². The monoisotopic (exact) mass is 789 g/mol. The average Bonchev–Trinajstić information content (AvgIpc) is 3.72. The summed E-state index contributed by atoms with van der Waals surface area (Å²) in [7, 11) is 0. The molecule has 1 aliphatic carbocycles. The highest BCUT2D eigenvalue weighted by molar-refractivity contribution is 6.33. The van der Waals surface area contributed by atoms with Crippen molar-refractivity contribution in [3.05, 3.63) is 98.9 Å². The highest BCUT2D eigenvalue weighted by Gasteiger charge is 2.45. The number of halogens is 1. The van der Waals surface area contributed by atoms with Crippen molar-refractivity contribution in [2.45, 2.75) is 82.3 Å².